The number of aromatic nitrogens is 3. The molecule has 0 unspecified atom stereocenters. The quantitative estimate of drug-likeness (QED) is 0.640. The van der Waals surface area contributed by atoms with Crippen molar-refractivity contribution >= 4 is 31.7 Å². The molecule has 28 heavy (non-hydrogen) atoms. The summed E-state index contributed by atoms with van der Waals surface area (Å²) in [7, 11) is -0.308. The minimum atomic E-state index is -3.53. The Kier molecular flexibility index (Phi) is 6.39. The summed E-state index contributed by atoms with van der Waals surface area (Å²) in [6.07, 6.45) is 3.21. The SMILES string of the molecule is COc1ccc(CCC(=O)N2CCC(S(=O)(=O)c3nncn3C)CC2)cc1Br. The molecule has 1 aliphatic heterocycles. The zero-order chi connectivity index (χ0) is 20.3. The molecule has 1 aliphatic rings. The standard InChI is InChI=1S/C18H23BrN4O4S/c1-22-12-20-21-18(22)28(25,26)14-7-9-23(10-8-14)17(24)6-4-13-3-5-16(27-2)15(19)11-13/h3,5,11-12,14H,4,6-10H2,1-2H3. The summed E-state index contributed by atoms with van der Waals surface area (Å²) >= 11 is 3.45. The molecule has 0 aliphatic carbocycles. The van der Waals surface area contributed by atoms with E-state index in [1.807, 2.05) is 18.2 Å². The van der Waals surface area contributed by atoms with Crippen LogP contribution >= 0.6 is 15.9 Å². The van der Waals surface area contributed by atoms with Crippen LogP contribution in [0.5, 0.6) is 5.75 Å². The van der Waals surface area contributed by atoms with E-state index in [1.54, 1.807) is 19.1 Å². The molecule has 1 saturated heterocycles. The van der Waals surface area contributed by atoms with Gasteiger partial charge < -0.3 is 14.2 Å². The normalized spacial score (nSPS) is 15.6. The molecular formula is C18H23BrN4O4S. The largest absolute Gasteiger partial charge is 0.496 e. The first kappa shape index (κ1) is 20.8. The number of hydrogen-bond donors (Lipinski definition) is 0. The highest BCUT2D eigenvalue weighted by Crippen LogP contribution is 2.27. The Morgan fingerprint density at radius 2 is 2.04 bits per heavy atom. The Morgan fingerprint density at radius 1 is 1.32 bits per heavy atom. The summed E-state index contributed by atoms with van der Waals surface area (Å²) in [5.41, 5.74) is 1.04. The Bertz CT molecular complexity index is 952. The number of likely N-dealkylation sites (tertiary alicyclic amines) is 1. The third-order valence-electron chi connectivity index (χ3n) is 5.00. The first-order valence-corrected chi connectivity index (χ1v) is 11.3. The molecular weight excluding hydrogens is 448 g/mol. The molecule has 1 amide bonds. The number of sulfone groups is 1. The first-order valence-electron chi connectivity index (χ1n) is 9.01. The number of ether oxygens (including phenoxy) is 1. The summed E-state index contributed by atoms with van der Waals surface area (Å²) in [5.74, 6) is 0.794. The molecule has 3 rings (SSSR count). The number of aryl methyl sites for hydroxylation is 2. The van der Waals surface area contributed by atoms with E-state index in [2.05, 4.69) is 26.1 Å². The number of carbonyl (C=O) groups is 1. The molecule has 0 saturated carbocycles. The Balaban J connectivity index is 1.54. The number of halogens is 1. The molecule has 1 aromatic heterocycles. The first-order chi connectivity index (χ1) is 13.3. The highest BCUT2D eigenvalue weighted by Gasteiger charge is 2.35. The van der Waals surface area contributed by atoms with Crippen molar-refractivity contribution in [2.45, 2.75) is 36.1 Å². The third-order valence-corrected chi connectivity index (χ3v) is 7.85. The minimum absolute atomic E-state index is 0.0117. The lowest BCUT2D eigenvalue weighted by molar-refractivity contribution is -0.132. The van der Waals surface area contributed by atoms with Crippen molar-refractivity contribution in [3.63, 3.8) is 0 Å². The predicted octanol–water partition coefficient (Wildman–Crippen LogP) is 1.98. The molecule has 2 heterocycles. The Morgan fingerprint density at radius 3 is 2.61 bits per heavy atom. The zero-order valence-corrected chi connectivity index (χ0v) is 18.2. The van der Waals surface area contributed by atoms with E-state index >= 15 is 0 Å². The van der Waals surface area contributed by atoms with Crippen LogP contribution in [-0.2, 0) is 28.1 Å². The second-order valence-electron chi connectivity index (χ2n) is 6.82. The van der Waals surface area contributed by atoms with Crippen LogP contribution in [0.4, 0.5) is 0 Å². The topological polar surface area (TPSA) is 94.4 Å². The third kappa shape index (κ3) is 4.38. The lowest BCUT2D eigenvalue weighted by Crippen LogP contribution is -2.43. The summed E-state index contributed by atoms with van der Waals surface area (Å²) in [4.78, 5) is 14.3. The summed E-state index contributed by atoms with van der Waals surface area (Å²) in [6, 6.07) is 5.76. The summed E-state index contributed by atoms with van der Waals surface area (Å²) < 4.78 is 32.9. The van der Waals surface area contributed by atoms with Gasteiger partial charge in [0.05, 0.1) is 16.8 Å². The van der Waals surface area contributed by atoms with Crippen molar-refractivity contribution in [1.29, 1.82) is 0 Å². The van der Waals surface area contributed by atoms with Crippen molar-refractivity contribution in [2.75, 3.05) is 20.2 Å². The van der Waals surface area contributed by atoms with Crippen LogP contribution in [0.15, 0.2) is 34.2 Å². The molecule has 0 radical (unpaired) electrons. The van der Waals surface area contributed by atoms with Crippen molar-refractivity contribution in [3.05, 3.63) is 34.6 Å². The van der Waals surface area contributed by atoms with Gasteiger partial charge in [0.1, 0.15) is 12.1 Å². The fourth-order valence-corrected chi connectivity index (χ4v) is 5.70. The van der Waals surface area contributed by atoms with E-state index < -0.39 is 15.1 Å². The van der Waals surface area contributed by atoms with E-state index in [4.69, 9.17) is 4.74 Å². The van der Waals surface area contributed by atoms with Gasteiger partial charge in [-0.2, -0.15) is 0 Å². The van der Waals surface area contributed by atoms with Crippen LogP contribution in [0.3, 0.4) is 0 Å². The average Bonchev–Trinajstić information content (AvgIpc) is 3.13. The molecule has 1 fully saturated rings. The van der Waals surface area contributed by atoms with Crippen molar-refractivity contribution in [1.82, 2.24) is 19.7 Å². The molecule has 2 aromatic rings. The van der Waals surface area contributed by atoms with Crippen LogP contribution in [0.2, 0.25) is 0 Å². The van der Waals surface area contributed by atoms with Crippen LogP contribution < -0.4 is 4.74 Å². The fourth-order valence-electron chi connectivity index (χ4n) is 3.37. The van der Waals surface area contributed by atoms with E-state index in [9.17, 15) is 13.2 Å². The van der Waals surface area contributed by atoms with Crippen molar-refractivity contribution in [2.24, 2.45) is 7.05 Å². The summed E-state index contributed by atoms with van der Waals surface area (Å²) in [6.45, 7) is 0.875. The smallest absolute Gasteiger partial charge is 0.249 e. The van der Waals surface area contributed by atoms with Gasteiger partial charge in [0.2, 0.25) is 20.9 Å². The minimum Gasteiger partial charge on any atom is -0.496 e. The van der Waals surface area contributed by atoms with E-state index in [-0.39, 0.29) is 11.1 Å². The average molecular weight is 471 g/mol. The van der Waals surface area contributed by atoms with E-state index in [0.29, 0.717) is 38.8 Å². The number of rotatable bonds is 6. The van der Waals surface area contributed by atoms with Crippen LogP contribution in [0.25, 0.3) is 0 Å². The number of methoxy groups -OCH3 is 1. The molecule has 0 bridgehead atoms. The zero-order valence-electron chi connectivity index (χ0n) is 15.8. The fraction of sp³-hybridized carbons (Fsp3) is 0.500. The Labute approximate surface area is 172 Å². The molecule has 0 spiro atoms. The number of benzene rings is 1. The molecule has 1 aromatic carbocycles. The van der Waals surface area contributed by atoms with Gasteiger partial charge in [-0.1, -0.05) is 6.07 Å². The van der Waals surface area contributed by atoms with Gasteiger partial charge >= 0.3 is 0 Å². The lowest BCUT2D eigenvalue weighted by Gasteiger charge is -2.31. The van der Waals surface area contributed by atoms with Crippen molar-refractivity contribution < 1.29 is 17.9 Å². The number of nitrogens with zero attached hydrogens (tertiary/aromatic N) is 4. The molecule has 152 valence electrons. The van der Waals surface area contributed by atoms with Crippen LogP contribution in [0.1, 0.15) is 24.8 Å². The maximum absolute atomic E-state index is 12.7. The monoisotopic (exact) mass is 470 g/mol. The number of carbonyl (C=O) groups excluding carboxylic acids is 1. The van der Waals surface area contributed by atoms with Gasteiger partial charge in [0.15, 0.2) is 0 Å². The van der Waals surface area contributed by atoms with Gasteiger partial charge in [-0.15, -0.1) is 10.2 Å². The highest BCUT2D eigenvalue weighted by atomic mass is 79.9. The molecule has 10 heteroatoms. The van der Waals surface area contributed by atoms with Gasteiger partial charge in [0.25, 0.3) is 0 Å². The number of piperidine rings is 1. The molecule has 0 N–H and O–H groups in total. The van der Waals surface area contributed by atoms with E-state index in [0.717, 1.165) is 15.8 Å². The Hall–Kier alpha value is -1.94. The maximum atomic E-state index is 12.7. The molecule has 0 atom stereocenters. The van der Waals surface area contributed by atoms with Crippen molar-refractivity contribution in [3.8, 4) is 5.75 Å². The number of hydrogen-bond acceptors (Lipinski definition) is 6. The van der Waals surface area contributed by atoms with Gasteiger partial charge in [-0.05, 0) is 52.9 Å². The van der Waals surface area contributed by atoms with Crippen LogP contribution in [-0.4, -0.2) is 59.4 Å². The molecule has 8 nitrogen and oxygen atoms in total. The lowest BCUT2D eigenvalue weighted by atomic mass is 10.1. The van der Waals surface area contributed by atoms with Gasteiger partial charge in [0, 0.05) is 26.6 Å². The second-order valence-corrected chi connectivity index (χ2v) is 9.79. The number of amides is 1. The van der Waals surface area contributed by atoms with Gasteiger partial charge in [-0.25, -0.2) is 8.42 Å². The van der Waals surface area contributed by atoms with E-state index in [1.165, 1.54) is 10.9 Å². The van der Waals surface area contributed by atoms with Gasteiger partial charge in [-0.3, -0.25) is 4.79 Å². The maximum Gasteiger partial charge on any atom is 0.249 e. The summed E-state index contributed by atoms with van der Waals surface area (Å²) in [5, 5.41) is 6.84. The predicted molar refractivity (Wildman–Crippen MR) is 107 cm³/mol. The second kappa shape index (κ2) is 8.60. The van der Waals surface area contributed by atoms with Crippen LogP contribution in [0, 0.1) is 0 Å². The highest BCUT2D eigenvalue weighted by molar-refractivity contribution is 9.10.